The maximum Gasteiger partial charge on any atom is 0.306 e. The summed E-state index contributed by atoms with van der Waals surface area (Å²) in [5, 5.41) is 40.0. The van der Waals surface area contributed by atoms with Crippen LogP contribution in [0.4, 0.5) is 0 Å². The van der Waals surface area contributed by atoms with Gasteiger partial charge in [-0.3, -0.25) is 9.59 Å². The van der Waals surface area contributed by atoms with E-state index in [1.165, 1.54) is 64.2 Å². The molecule has 1 aliphatic rings. The van der Waals surface area contributed by atoms with Gasteiger partial charge in [0, 0.05) is 12.8 Å². The summed E-state index contributed by atoms with van der Waals surface area (Å²) in [4.78, 5) is 25.3. The van der Waals surface area contributed by atoms with Gasteiger partial charge in [-0.25, -0.2) is 0 Å². The lowest BCUT2D eigenvalue weighted by molar-refractivity contribution is -0.305. The standard InChI is InChI=1S/C49H80O10/c1-3-5-7-9-11-13-15-17-18-19-20-21-22-23-24-26-27-29-31-33-35-37-44(51)56-40-42(41-57-49-48(55)47(54)46(53)43(39-50)59-49)58-45(52)38-36-34-32-30-28-25-16-14-12-10-8-6-4-2/h11,13,17-18,20-21,23-25,27-29,32,34,42-43,46-50,53-55H,3-10,12,14-16,19,22,26,30-31,33,35-41H2,1-2H3/b13-11+,18-17+,21-20+,24-23+,28-25+,29-27+,34-32+/t42?,43-,46+,47?,48?,49-/m0/s1. The van der Waals surface area contributed by atoms with Crippen molar-refractivity contribution >= 4 is 11.9 Å². The number of aliphatic hydroxyl groups is 4. The molecule has 3 unspecified atom stereocenters. The van der Waals surface area contributed by atoms with Crippen molar-refractivity contribution in [2.75, 3.05) is 19.8 Å². The zero-order chi connectivity index (χ0) is 43.0. The van der Waals surface area contributed by atoms with Crippen LogP contribution in [0, 0.1) is 0 Å². The molecule has 0 aromatic rings. The van der Waals surface area contributed by atoms with Gasteiger partial charge in [-0.2, -0.15) is 0 Å². The van der Waals surface area contributed by atoms with Gasteiger partial charge in [0.15, 0.2) is 12.4 Å². The van der Waals surface area contributed by atoms with E-state index in [4.69, 9.17) is 18.9 Å². The van der Waals surface area contributed by atoms with Crippen molar-refractivity contribution in [2.24, 2.45) is 0 Å². The highest BCUT2D eigenvalue weighted by Crippen LogP contribution is 2.22. The lowest BCUT2D eigenvalue weighted by Gasteiger charge is -2.39. The van der Waals surface area contributed by atoms with Crippen molar-refractivity contribution in [3.05, 3.63) is 85.1 Å². The maximum absolute atomic E-state index is 12.7. The summed E-state index contributed by atoms with van der Waals surface area (Å²) in [6.07, 6.45) is 43.2. The van der Waals surface area contributed by atoms with E-state index >= 15 is 0 Å². The van der Waals surface area contributed by atoms with E-state index in [2.05, 4.69) is 86.8 Å². The predicted molar refractivity (Wildman–Crippen MR) is 237 cm³/mol. The van der Waals surface area contributed by atoms with Gasteiger partial charge >= 0.3 is 11.9 Å². The Bertz CT molecular complexity index is 1230. The first kappa shape index (κ1) is 53.9. The van der Waals surface area contributed by atoms with Crippen LogP contribution < -0.4 is 0 Å². The lowest BCUT2D eigenvalue weighted by Crippen LogP contribution is -2.59. The monoisotopic (exact) mass is 829 g/mol. The van der Waals surface area contributed by atoms with Crippen molar-refractivity contribution in [3.8, 4) is 0 Å². The summed E-state index contributed by atoms with van der Waals surface area (Å²) in [5.74, 6) is -0.943. The fourth-order valence-electron chi connectivity index (χ4n) is 6.14. The summed E-state index contributed by atoms with van der Waals surface area (Å²) in [6, 6.07) is 0. The smallest absolute Gasteiger partial charge is 0.306 e. The van der Waals surface area contributed by atoms with Gasteiger partial charge in [0.25, 0.3) is 0 Å². The molecule has 1 saturated heterocycles. The molecule has 0 aromatic heterocycles. The summed E-state index contributed by atoms with van der Waals surface area (Å²) in [7, 11) is 0. The summed E-state index contributed by atoms with van der Waals surface area (Å²) < 4.78 is 22.0. The molecule has 59 heavy (non-hydrogen) atoms. The molecule has 336 valence electrons. The topological polar surface area (TPSA) is 152 Å². The minimum atomic E-state index is -1.61. The number of hydrogen-bond donors (Lipinski definition) is 4. The normalized spacial score (nSPS) is 20.8. The molecule has 6 atom stereocenters. The number of rotatable bonds is 36. The van der Waals surface area contributed by atoms with Crippen molar-refractivity contribution in [2.45, 2.75) is 192 Å². The molecule has 0 aliphatic carbocycles. The molecule has 0 aromatic carbocycles. The van der Waals surface area contributed by atoms with Gasteiger partial charge in [-0.05, 0) is 83.5 Å². The van der Waals surface area contributed by atoms with Gasteiger partial charge in [-0.1, -0.05) is 144 Å². The number of allylic oxidation sites excluding steroid dienone is 14. The first-order valence-electron chi connectivity index (χ1n) is 22.7. The fraction of sp³-hybridized carbons (Fsp3) is 0.673. The first-order valence-corrected chi connectivity index (χ1v) is 22.7. The number of carbonyl (C=O) groups excluding carboxylic acids is 2. The number of hydrogen-bond acceptors (Lipinski definition) is 10. The Balaban J connectivity index is 2.39. The molecule has 1 aliphatic heterocycles. The minimum Gasteiger partial charge on any atom is -0.462 e. The number of aliphatic hydroxyl groups excluding tert-OH is 4. The van der Waals surface area contributed by atoms with Crippen LogP contribution in [0.25, 0.3) is 0 Å². The molecule has 1 rings (SSSR count). The van der Waals surface area contributed by atoms with Gasteiger partial charge in [0.2, 0.25) is 0 Å². The van der Waals surface area contributed by atoms with Crippen LogP contribution in [0.2, 0.25) is 0 Å². The zero-order valence-corrected chi connectivity index (χ0v) is 36.5. The zero-order valence-electron chi connectivity index (χ0n) is 36.5. The van der Waals surface area contributed by atoms with E-state index < -0.39 is 55.4 Å². The van der Waals surface area contributed by atoms with Crippen LogP contribution in [0.5, 0.6) is 0 Å². The number of carbonyl (C=O) groups is 2. The molecule has 10 heteroatoms. The van der Waals surface area contributed by atoms with E-state index in [1.807, 2.05) is 12.2 Å². The molecular formula is C49H80O10. The molecule has 4 N–H and O–H groups in total. The van der Waals surface area contributed by atoms with Crippen LogP contribution in [-0.2, 0) is 28.5 Å². The molecule has 1 heterocycles. The Kier molecular flexibility index (Phi) is 35.7. The predicted octanol–water partition coefficient (Wildman–Crippen LogP) is 9.77. The third-order valence-electron chi connectivity index (χ3n) is 9.77. The molecule has 1 fully saturated rings. The van der Waals surface area contributed by atoms with Crippen LogP contribution in [0.1, 0.15) is 155 Å². The maximum atomic E-state index is 12.7. The quantitative estimate of drug-likeness (QED) is 0.0273. The Morgan fingerprint density at radius 2 is 0.983 bits per heavy atom. The Hall–Kier alpha value is -3.12. The summed E-state index contributed by atoms with van der Waals surface area (Å²) in [6.45, 7) is 3.26. The van der Waals surface area contributed by atoms with Crippen LogP contribution in [0.3, 0.4) is 0 Å². The van der Waals surface area contributed by atoms with Crippen molar-refractivity contribution in [1.29, 1.82) is 0 Å². The Labute approximate surface area is 356 Å². The average Bonchev–Trinajstić information content (AvgIpc) is 3.23. The summed E-state index contributed by atoms with van der Waals surface area (Å²) in [5.41, 5.74) is 0. The second kappa shape index (κ2) is 39.0. The Morgan fingerprint density at radius 3 is 1.53 bits per heavy atom. The largest absolute Gasteiger partial charge is 0.462 e. The molecule has 0 radical (unpaired) electrons. The number of ether oxygens (including phenoxy) is 4. The van der Waals surface area contributed by atoms with Gasteiger partial charge in [0.1, 0.15) is 31.0 Å². The molecule has 10 nitrogen and oxygen atoms in total. The molecule has 0 spiro atoms. The molecule has 0 amide bonds. The van der Waals surface area contributed by atoms with Crippen LogP contribution in [-0.4, -0.2) is 89.0 Å². The third kappa shape index (κ3) is 30.5. The van der Waals surface area contributed by atoms with E-state index in [1.54, 1.807) is 0 Å². The fourth-order valence-corrected chi connectivity index (χ4v) is 6.14. The number of unbranched alkanes of at least 4 members (excludes halogenated alkanes) is 11. The van der Waals surface area contributed by atoms with E-state index in [9.17, 15) is 30.0 Å². The highest BCUT2D eigenvalue weighted by molar-refractivity contribution is 5.70. The first-order chi connectivity index (χ1) is 28.8. The second-order valence-electron chi connectivity index (χ2n) is 15.1. The van der Waals surface area contributed by atoms with Crippen LogP contribution in [0.15, 0.2) is 85.1 Å². The van der Waals surface area contributed by atoms with Crippen molar-refractivity contribution in [1.82, 2.24) is 0 Å². The second-order valence-corrected chi connectivity index (χ2v) is 15.1. The molecular weight excluding hydrogens is 749 g/mol. The van der Waals surface area contributed by atoms with Gasteiger partial charge < -0.3 is 39.4 Å². The van der Waals surface area contributed by atoms with E-state index in [0.717, 1.165) is 51.4 Å². The summed E-state index contributed by atoms with van der Waals surface area (Å²) >= 11 is 0. The van der Waals surface area contributed by atoms with Crippen molar-refractivity contribution in [3.63, 3.8) is 0 Å². The third-order valence-corrected chi connectivity index (χ3v) is 9.77. The van der Waals surface area contributed by atoms with E-state index in [-0.39, 0.29) is 26.1 Å². The Morgan fingerprint density at radius 1 is 0.525 bits per heavy atom. The molecule has 0 saturated carbocycles. The van der Waals surface area contributed by atoms with Gasteiger partial charge in [-0.15, -0.1) is 0 Å². The average molecular weight is 829 g/mol. The SMILES string of the molecule is CCCCC/C=C/C/C=C/C/C=C/C/C=C/C/C=C/CCCCC(=O)OCC(CO[C@H]1O[C@@H](CO)[C@@H](O)C(O)C1O)OC(=O)CC/C=C/C/C=C/CCCCCCCC. The number of esters is 2. The van der Waals surface area contributed by atoms with E-state index in [0.29, 0.717) is 12.8 Å². The highest BCUT2D eigenvalue weighted by atomic mass is 16.7. The lowest BCUT2D eigenvalue weighted by atomic mass is 9.99. The van der Waals surface area contributed by atoms with Crippen LogP contribution >= 0.6 is 0 Å². The molecule has 0 bridgehead atoms. The van der Waals surface area contributed by atoms with Crippen molar-refractivity contribution < 1.29 is 49.0 Å². The minimum absolute atomic E-state index is 0.110. The highest BCUT2D eigenvalue weighted by Gasteiger charge is 2.44. The van der Waals surface area contributed by atoms with Gasteiger partial charge in [0.05, 0.1) is 13.2 Å².